The van der Waals surface area contributed by atoms with E-state index in [1.807, 2.05) is 0 Å². The van der Waals surface area contributed by atoms with Crippen LogP contribution in [0.1, 0.15) is 105 Å². The van der Waals surface area contributed by atoms with E-state index in [0.717, 1.165) is 37.8 Å². The molecule has 0 aliphatic heterocycles. The van der Waals surface area contributed by atoms with Gasteiger partial charge < -0.3 is 0 Å². The van der Waals surface area contributed by atoms with Crippen LogP contribution >= 0.6 is 0 Å². The van der Waals surface area contributed by atoms with E-state index in [2.05, 4.69) is 27.7 Å². The molecule has 1 atom stereocenters. The molecule has 0 aromatic heterocycles. The van der Waals surface area contributed by atoms with Crippen LogP contribution in [-0.2, 0) is 11.3 Å². The van der Waals surface area contributed by atoms with Crippen LogP contribution in [0.15, 0.2) is 0 Å². The predicted octanol–water partition coefficient (Wildman–Crippen LogP) is 6.42. The standard InChI is InChI=1S/C20H43NO2S/c1-19(2)15-11-7-5-9-13-17-21(24(22)23)18-14-10-6-8-12-16-20(3)4/h19-20H,5-18H2,1-4H3,(H,22,23). The number of rotatable bonds is 17. The minimum Gasteiger partial charge on any atom is -0.294 e. The fraction of sp³-hybridized carbons (Fsp3) is 1.00. The predicted molar refractivity (Wildman–Crippen MR) is 107 cm³/mol. The summed E-state index contributed by atoms with van der Waals surface area (Å²) < 4.78 is 22.6. The fourth-order valence-corrected chi connectivity index (χ4v) is 3.58. The third-order valence-corrected chi connectivity index (χ3v) is 5.41. The minimum absolute atomic E-state index is 0.765. The highest BCUT2D eigenvalue weighted by atomic mass is 32.2. The molecule has 0 saturated carbocycles. The van der Waals surface area contributed by atoms with E-state index in [9.17, 15) is 8.76 Å². The quantitative estimate of drug-likeness (QED) is 0.240. The zero-order valence-electron chi connectivity index (χ0n) is 16.8. The molecule has 0 amide bonds. The SMILES string of the molecule is CC(C)CCCCCCCN(CCCCCCCC(C)C)S(=O)O. The lowest BCUT2D eigenvalue weighted by atomic mass is 10.0. The van der Waals surface area contributed by atoms with Crippen molar-refractivity contribution < 1.29 is 8.76 Å². The van der Waals surface area contributed by atoms with Gasteiger partial charge in [-0.3, -0.25) is 4.55 Å². The number of nitrogens with zero attached hydrogens (tertiary/aromatic N) is 1. The van der Waals surface area contributed by atoms with Gasteiger partial charge in [0.25, 0.3) is 0 Å². The van der Waals surface area contributed by atoms with Crippen LogP contribution in [0, 0.1) is 11.8 Å². The van der Waals surface area contributed by atoms with E-state index in [4.69, 9.17) is 0 Å². The van der Waals surface area contributed by atoms with Crippen LogP contribution in [0.5, 0.6) is 0 Å². The normalized spacial score (nSPS) is 13.3. The van der Waals surface area contributed by atoms with Crippen LogP contribution in [0.4, 0.5) is 0 Å². The van der Waals surface area contributed by atoms with Gasteiger partial charge in [0.15, 0.2) is 0 Å². The highest BCUT2D eigenvalue weighted by molar-refractivity contribution is 7.76. The van der Waals surface area contributed by atoms with Crippen LogP contribution < -0.4 is 0 Å². The van der Waals surface area contributed by atoms with Gasteiger partial charge in [-0.1, -0.05) is 91.9 Å². The lowest BCUT2D eigenvalue weighted by Gasteiger charge is -2.17. The first-order chi connectivity index (χ1) is 11.4. The van der Waals surface area contributed by atoms with E-state index in [0.29, 0.717) is 0 Å². The smallest absolute Gasteiger partial charge is 0.234 e. The number of hydrogen-bond donors (Lipinski definition) is 1. The lowest BCUT2D eigenvalue weighted by molar-refractivity contribution is 0.371. The molecule has 1 unspecified atom stereocenters. The zero-order valence-corrected chi connectivity index (χ0v) is 17.6. The maximum atomic E-state index is 11.4. The Labute approximate surface area is 154 Å². The topological polar surface area (TPSA) is 40.5 Å². The van der Waals surface area contributed by atoms with Gasteiger partial charge in [-0.15, -0.1) is 0 Å². The molecular weight excluding hydrogens is 318 g/mol. The number of hydrogen-bond acceptors (Lipinski definition) is 1. The third-order valence-electron chi connectivity index (χ3n) is 4.60. The molecule has 0 spiro atoms. The summed E-state index contributed by atoms with van der Waals surface area (Å²) in [5, 5.41) is 0. The molecule has 0 fully saturated rings. The highest BCUT2D eigenvalue weighted by Crippen LogP contribution is 2.13. The summed E-state index contributed by atoms with van der Waals surface area (Å²) in [7, 11) is 0. The summed E-state index contributed by atoms with van der Waals surface area (Å²) in [4.78, 5) is 0. The summed E-state index contributed by atoms with van der Waals surface area (Å²) >= 11 is -1.80. The Hall–Kier alpha value is 0.0700. The van der Waals surface area contributed by atoms with Crippen molar-refractivity contribution in [3.05, 3.63) is 0 Å². The van der Waals surface area contributed by atoms with Gasteiger partial charge >= 0.3 is 0 Å². The van der Waals surface area contributed by atoms with Crippen LogP contribution in [0.2, 0.25) is 0 Å². The summed E-state index contributed by atoms with van der Waals surface area (Å²) in [6, 6.07) is 0. The molecule has 3 nitrogen and oxygen atoms in total. The average Bonchev–Trinajstić information content (AvgIpc) is 2.50. The molecule has 0 radical (unpaired) electrons. The van der Waals surface area contributed by atoms with Crippen molar-refractivity contribution in [3.8, 4) is 0 Å². The lowest BCUT2D eigenvalue weighted by Crippen LogP contribution is -2.27. The van der Waals surface area contributed by atoms with Gasteiger partial charge in [-0.25, -0.2) is 8.51 Å². The zero-order chi connectivity index (χ0) is 18.2. The van der Waals surface area contributed by atoms with E-state index in [1.54, 1.807) is 4.31 Å². The van der Waals surface area contributed by atoms with E-state index in [-0.39, 0.29) is 0 Å². The Balaban J connectivity index is 3.56. The van der Waals surface area contributed by atoms with Crippen molar-refractivity contribution in [3.63, 3.8) is 0 Å². The first kappa shape index (κ1) is 24.1. The molecule has 0 aromatic carbocycles. The van der Waals surface area contributed by atoms with Crippen molar-refractivity contribution in [2.45, 2.75) is 105 Å². The molecule has 0 heterocycles. The summed E-state index contributed by atoms with van der Waals surface area (Å²) in [5.41, 5.74) is 0. The largest absolute Gasteiger partial charge is 0.294 e. The summed E-state index contributed by atoms with van der Waals surface area (Å²) in [6.07, 6.45) is 14.9. The van der Waals surface area contributed by atoms with Crippen LogP contribution in [0.3, 0.4) is 0 Å². The van der Waals surface area contributed by atoms with Gasteiger partial charge in [0.05, 0.1) is 0 Å². The Kier molecular flexibility index (Phi) is 16.6. The Morgan fingerprint density at radius 2 is 1.00 bits per heavy atom. The molecule has 0 aliphatic carbocycles. The maximum Gasteiger partial charge on any atom is 0.234 e. The molecule has 1 N–H and O–H groups in total. The molecule has 146 valence electrons. The van der Waals surface area contributed by atoms with Crippen molar-refractivity contribution in [2.24, 2.45) is 11.8 Å². The van der Waals surface area contributed by atoms with E-state index in [1.165, 1.54) is 64.2 Å². The fourth-order valence-electron chi connectivity index (χ4n) is 3.01. The van der Waals surface area contributed by atoms with Crippen molar-refractivity contribution >= 4 is 11.3 Å². The monoisotopic (exact) mass is 361 g/mol. The third kappa shape index (κ3) is 16.9. The molecular formula is C20H43NO2S. The second-order valence-electron chi connectivity index (χ2n) is 8.06. The van der Waals surface area contributed by atoms with Crippen molar-refractivity contribution in [2.75, 3.05) is 13.1 Å². The van der Waals surface area contributed by atoms with Gasteiger partial charge in [0.2, 0.25) is 11.3 Å². The van der Waals surface area contributed by atoms with Gasteiger partial charge in [0.1, 0.15) is 0 Å². The molecule has 24 heavy (non-hydrogen) atoms. The Morgan fingerprint density at radius 3 is 1.33 bits per heavy atom. The van der Waals surface area contributed by atoms with Crippen molar-refractivity contribution in [1.29, 1.82) is 0 Å². The first-order valence-electron chi connectivity index (χ1n) is 10.3. The average molecular weight is 362 g/mol. The molecule has 0 bridgehead atoms. The number of unbranched alkanes of at least 4 members (excludes halogenated alkanes) is 8. The Morgan fingerprint density at radius 1 is 0.667 bits per heavy atom. The van der Waals surface area contributed by atoms with Crippen LogP contribution in [0.25, 0.3) is 0 Å². The summed E-state index contributed by atoms with van der Waals surface area (Å²) in [6.45, 7) is 10.6. The highest BCUT2D eigenvalue weighted by Gasteiger charge is 2.09. The second kappa shape index (κ2) is 16.5. The molecule has 0 rings (SSSR count). The first-order valence-corrected chi connectivity index (χ1v) is 11.4. The van der Waals surface area contributed by atoms with Gasteiger partial charge in [-0.05, 0) is 24.7 Å². The van der Waals surface area contributed by atoms with E-state index >= 15 is 0 Å². The van der Waals surface area contributed by atoms with E-state index < -0.39 is 11.3 Å². The molecule has 4 heteroatoms. The van der Waals surface area contributed by atoms with Crippen molar-refractivity contribution in [1.82, 2.24) is 4.31 Å². The second-order valence-corrected chi connectivity index (χ2v) is 9.04. The van der Waals surface area contributed by atoms with Gasteiger partial charge in [-0.2, -0.15) is 0 Å². The van der Waals surface area contributed by atoms with Gasteiger partial charge in [0, 0.05) is 13.1 Å². The Bertz CT molecular complexity index is 273. The molecule has 0 aliphatic rings. The summed E-state index contributed by atoms with van der Waals surface area (Å²) in [5.74, 6) is 1.62. The van der Waals surface area contributed by atoms with Crippen LogP contribution in [-0.4, -0.2) is 26.2 Å². The maximum absolute atomic E-state index is 11.4. The molecule has 0 aromatic rings. The minimum atomic E-state index is -1.80. The molecule has 0 saturated heterocycles.